The molecule has 0 spiro atoms. The van der Waals surface area contributed by atoms with Crippen LogP contribution in [0.3, 0.4) is 0 Å². The highest BCUT2D eigenvalue weighted by atomic mass is 19.1. The van der Waals surface area contributed by atoms with E-state index < -0.39 is 17.7 Å². The minimum atomic E-state index is -1.02. The summed E-state index contributed by atoms with van der Waals surface area (Å²) in [5, 5.41) is 0. The van der Waals surface area contributed by atoms with Gasteiger partial charge in [0.15, 0.2) is 0 Å². The molecule has 0 saturated carbocycles. The van der Waals surface area contributed by atoms with Crippen molar-refractivity contribution in [1.82, 2.24) is 0 Å². The molecule has 0 aliphatic carbocycles. The number of anilines is 1. The van der Waals surface area contributed by atoms with Crippen molar-refractivity contribution < 1.29 is 13.6 Å². The number of fused-ring (bicyclic) bond motifs is 1. The first-order valence-corrected chi connectivity index (χ1v) is 5.97. The lowest BCUT2D eigenvalue weighted by Crippen LogP contribution is -2.33. The highest BCUT2D eigenvalue weighted by Crippen LogP contribution is 2.37. The van der Waals surface area contributed by atoms with Crippen molar-refractivity contribution >= 4 is 11.6 Å². The minimum Gasteiger partial charge on any atom is -0.316 e. The second-order valence-electron chi connectivity index (χ2n) is 4.97. The van der Waals surface area contributed by atoms with E-state index in [9.17, 15) is 13.6 Å². The first kappa shape index (κ1) is 13.0. The third-order valence-electron chi connectivity index (χ3n) is 3.14. The van der Waals surface area contributed by atoms with Gasteiger partial charge in [-0.2, -0.15) is 0 Å². The maximum Gasteiger partial charge on any atom is 0.248 e. The highest BCUT2D eigenvalue weighted by Gasteiger charge is 2.37. The van der Waals surface area contributed by atoms with E-state index in [0.717, 1.165) is 12.5 Å². The molecular formula is C13H16F2N2O. The van der Waals surface area contributed by atoms with Crippen LogP contribution in [-0.2, 0) is 4.79 Å². The number of carbonyl (C=O) groups excluding carboxylic acids is 1. The average molecular weight is 254 g/mol. The first-order chi connectivity index (χ1) is 8.41. The molecule has 0 saturated heterocycles. The van der Waals surface area contributed by atoms with Crippen molar-refractivity contribution in [2.45, 2.75) is 26.3 Å². The summed E-state index contributed by atoms with van der Waals surface area (Å²) < 4.78 is 26.9. The molecule has 0 fully saturated rings. The number of carbonyl (C=O) groups is 1. The highest BCUT2D eigenvalue weighted by molar-refractivity contribution is 6.04. The summed E-state index contributed by atoms with van der Waals surface area (Å²) in [6.45, 7) is 4.47. The van der Waals surface area contributed by atoms with Gasteiger partial charge in [0.1, 0.15) is 17.7 Å². The molecule has 98 valence electrons. The van der Waals surface area contributed by atoms with Crippen LogP contribution < -0.4 is 10.6 Å². The van der Waals surface area contributed by atoms with Gasteiger partial charge in [0.05, 0.1) is 5.69 Å². The van der Waals surface area contributed by atoms with Gasteiger partial charge < -0.3 is 10.6 Å². The lowest BCUT2D eigenvalue weighted by atomic mass is 10.1. The lowest BCUT2D eigenvalue weighted by Gasteiger charge is -2.18. The fraction of sp³-hybridized carbons (Fsp3) is 0.462. The maximum absolute atomic E-state index is 13.6. The second kappa shape index (κ2) is 4.65. The summed E-state index contributed by atoms with van der Waals surface area (Å²) in [4.78, 5) is 13.3. The number of nitrogens with two attached hydrogens (primary N) is 1. The molecule has 0 bridgehead atoms. The topological polar surface area (TPSA) is 46.3 Å². The van der Waals surface area contributed by atoms with Gasteiger partial charge in [0, 0.05) is 18.2 Å². The van der Waals surface area contributed by atoms with Crippen LogP contribution in [0.2, 0.25) is 0 Å². The van der Waals surface area contributed by atoms with Crippen LogP contribution in [0.1, 0.15) is 31.9 Å². The Morgan fingerprint density at radius 3 is 2.67 bits per heavy atom. The van der Waals surface area contributed by atoms with Gasteiger partial charge in [0.25, 0.3) is 0 Å². The van der Waals surface area contributed by atoms with E-state index in [1.807, 2.05) is 13.8 Å². The Labute approximate surface area is 105 Å². The third kappa shape index (κ3) is 2.10. The van der Waals surface area contributed by atoms with Crippen molar-refractivity contribution in [2.24, 2.45) is 11.7 Å². The Morgan fingerprint density at radius 1 is 1.39 bits per heavy atom. The Bertz CT molecular complexity index is 488. The molecule has 2 rings (SSSR count). The fourth-order valence-corrected chi connectivity index (χ4v) is 2.13. The summed E-state index contributed by atoms with van der Waals surface area (Å²) in [6, 6.07) is 0.911. The third-order valence-corrected chi connectivity index (χ3v) is 3.14. The van der Waals surface area contributed by atoms with E-state index in [4.69, 9.17) is 5.73 Å². The minimum absolute atomic E-state index is 0.102. The van der Waals surface area contributed by atoms with E-state index in [-0.39, 0.29) is 17.2 Å². The van der Waals surface area contributed by atoms with E-state index in [1.165, 1.54) is 11.0 Å². The van der Waals surface area contributed by atoms with E-state index in [0.29, 0.717) is 12.5 Å². The molecule has 1 unspecified atom stereocenters. The maximum atomic E-state index is 13.6. The van der Waals surface area contributed by atoms with Gasteiger partial charge in [-0.25, -0.2) is 8.78 Å². The molecule has 0 aromatic heterocycles. The molecule has 1 heterocycles. The molecule has 1 aromatic carbocycles. The monoisotopic (exact) mass is 254 g/mol. The molecule has 3 nitrogen and oxygen atoms in total. The zero-order chi connectivity index (χ0) is 13.4. The number of benzene rings is 1. The number of nitrogens with zero attached hydrogens (tertiary/aromatic N) is 1. The lowest BCUT2D eigenvalue weighted by molar-refractivity contribution is -0.119. The predicted molar refractivity (Wildman–Crippen MR) is 65.1 cm³/mol. The van der Waals surface area contributed by atoms with E-state index in [2.05, 4.69) is 0 Å². The fourth-order valence-electron chi connectivity index (χ4n) is 2.13. The number of amides is 1. The van der Waals surface area contributed by atoms with Crippen LogP contribution in [0.4, 0.5) is 14.5 Å². The zero-order valence-corrected chi connectivity index (χ0v) is 10.4. The standard InChI is InChI=1S/C13H16F2N2O/c1-7(2)3-4-17-10-6-8(14)5-9(15)11(10)12(16)13(17)18/h5-7,12H,3-4,16H2,1-2H3. The summed E-state index contributed by atoms with van der Waals surface area (Å²) in [6.07, 6.45) is 0.760. The zero-order valence-electron chi connectivity index (χ0n) is 10.4. The van der Waals surface area contributed by atoms with Crippen LogP contribution in [0.5, 0.6) is 0 Å². The Balaban J connectivity index is 2.38. The Kier molecular flexibility index (Phi) is 3.34. The molecule has 1 aliphatic heterocycles. The molecule has 0 radical (unpaired) electrons. The molecule has 1 atom stereocenters. The number of hydrogen-bond donors (Lipinski definition) is 1. The number of halogens is 2. The molecule has 2 N–H and O–H groups in total. The van der Waals surface area contributed by atoms with Gasteiger partial charge in [-0.05, 0) is 18.4 Å². The molecule has 5 heteroatoms. The van der Waals surface area contributed by atoms with E-state index >= 15 is 0 Å². The first-order valence-electron chi connectivity index (χ1n) is 5.97. The molecule has 18 heavy (non-hydrogen) atoms. The van der Waals surface area contributed by atoms with Crippen molar-refractivity contribution in [1.29, 1.82) is 0 Å². The largest absolute Gasteiger partial charge is 0.316 e. The Morgan fingerprint density at radius 2 is 2.06 bits per heavy atom. The van der Waals surface area contributed by atoms with E-state index in [1.54, 1.807) is 0 Å². The molecule has 1 aliphatic rings. The predicted octanol–water partition coefficient (Wildman–Crippen LogP) is 2.36. The smallest absolute Gasteiger partial charge is 0.248 e. The van der Waals surface area contributed by atoms with Gasteiger partial charge in [-0.15, -0.1) is 0 Å². The number of hydrogen-bond acceptors (Lipinski definition) is 2. The van der Waals surface area contributed by atoms with Crippen molar-refractivity contribution in [2.75, 3.05) is 11.4 Å². The molecular weight excluding hydrogens is 238 g/mol. The van der Waals surface area contributed by atoms with Gasteiger partial charge in [-0.1, -0.05) is 13.8 Å². The SMILES string of the molecule is CC(C)CCN1C(=O)C(N)c2c(F)cc(F)cc21. The average Bonchev–Trinajstić information content (AvgIpc) is 2.49. The molecule has 1 aromatic rings. The van der Waals surface area contributed by atoms with Crippen LogP contribution in [-0.4, -0.2) is 12.5 Å². The van der Waals surface area contributed by atoms with Crippen LogP contribution >= 0.6 is 0 Å². The second-order valence-corrected chi connectivity index (χ2v) is 4.97. The summed E-state index contributed by atoms with van der Waals surface area (Å²) >= 11 is 0. The van der Waals surface area contributed by atoms with Crippen LogP contribution in [0, 0.1) is 17.6 Å². The van der Waals surface area contributed by atoms with Gasteiger partial charge in [-0.3, -0.25) is 4.79 Å². The van der Waals surface area contributed by atoms with Gasteiger partial charge >= 0.3 is 0 Å². The molecule has 1 amide bonds. The normalized spacial score (nSPS) is 18.7. The number of rotatable bonds is 3. The summed E-state index contributed by atoms with van der Waals surface area (Å²) in [7, 11) is 0. The van der Waals surface area contributed by atoms with Crippen molar-refractivity contribution in [3.05, 3.63) is 29.3 Å². The van der Waals surface area contributed by atoms with Gasteiger partial charge in [0.2, 0.25) is 5.91 Å². The van der Waals surface area contributed by atoms with Crippen LogP contribution in [0.25, 0.3) is 0 Å². The van der Waals surface area contributed by atoms with Crippen molar-refractivity contribution in [3.63, 3.8) is 0 Å². The summed E-state index contributed by atoms with van der Waals surface area (Å²) in [5.74, 6) is -1.41. The Hall–Kier alpha value is -1.49. The quantitative estimate of drug-likeness (QED) is 0.900. The summed E-state index contributed by atoms with van der Waals surface area (Å²) in [5.41, 5.74) is 6.06. The van der Waals surface area contributed by atoms with Crippen molar-refractivity contribution in [3.8, 4) is 0 Å². The van der Waals surface area contributed by atoms with Crippen LogP contribution in [0.15, 0.2) is 12.1 Å².